The van der Waals surface area contributed by atoms with Crippen LogP contribution in [0.4, 0.5) is 5.82 Å². The number of nitrogens with zero attached hydrogens (tertiary/aromatic N) is 3. The Hall–Kier alpha value is -2.75. The number of benzene rings is 1. The molecule has 158 valence electrons. The molecule has 1 fully saturated rings. The van der Waals surface area contributed by atoms with Crippen LogP contribution >= 0.6 is 0 Å². The average Bonchev–Trinajstić information content (AvgIpc) is 3.12. The number of aryl methyl sites for hydroxylation is 2. The minimum Gasteiger partial charge on any atom is -0.383 e. The van der Waals surface area contributed by atoms with Crippen molar-refractivity contribution in [3.63, 3.8) is 0 Å². The fraction of sp³-hybridized carbons (Fsp3) is 0.333. The first-order valence-corrected chi connectivity index (χ1v) is 11.0. The van der Waals surface area contributed by atoms with Crippen LogP contribution in [0.5, 0.6) is 0 Å². The van der Waals surface area contributed by atoms with Crippen molar-refractivity contribution >= 4 is 15.8 Å². The molecule has 0 unspecified atom stereocenters. The van der Waals surface area contributed by atoms with E-state index < -0.39 is 15.6 Å². The standard InChI is InChI=1S/C21H25N5O3S/c1-13-5-6-16(30(27,28)26-11-21(3,12-26)29-4)9-17(13)15-8-18(20(22)23-10-15)19-7-14(2)24-25-19/h5-10H,11-12H2,1-4H3,(H2,22,23)(H,24,25). The summed E-state index contributed by atoms with van der Waals surface area (Å²) in [7, 11) is -2.01. The van der Waals surface area contributed by atoms with E-state index >= 15 is 0 Å². The molecule has 1 aliphatic rings. The molecule has 8 nitrogen and oxygen atoms in total. The molecule has 0 spiro atoms. The average molecular weight is 428 g/mol. The third-order valence-electron chi connectivity index (χ3n) is 5.57. The second-order valence-corrected chi connectivity index (χ2v) is 9.93. The van der Waals surface area contributed by atoms with Gasteiger partial charge >= 0.3 is 0 Å². The van der Waals surface area contributed by atoms with Gasteiger partial charge in [0.2, 0.25) is 10.0 Å². The highest BCUT2D eigenvalue weighted by atomic mass is 32.2. The first-order valence-electron chi connectivity index (χ1n) is 9.57. The summed E-state index contributed by atoms with van der Waals surface area (Å²) >= 11 is 0. The number of hydrogen-bond donors (Lipinski definition) is 2. The van der Waals surface area contributed by atoms with Crippen LogP contribution in [0.15, 0.2) is 41.4 Å². The number of hydrogen-bond acceptors (Lipinski definition) is 6. The lowest BCUT2D eigenvalue weighted by Gasteiger charge is -2.45. The molecule has 0 atom stereocenters. The molecule has 0 saturated carbocycles. The number of rotatable bonds is 5. The summed E-state index contributed by atoms with van der Waals surface area (Å²) in [6.07, 6.45) is 1.66. The number of nitrogen functional groups attached to an aromatic ring is 1. The van der Waals surface area contributed by atoms with Crippen molar-refractivity contribution < 1.29 is 13.2 Å². The van der Waals surface area contributed by atoms with E-state index in [-0.39, 0.29) is 4.90 Å². The van der Waals surface area contributed by atoms with Gasteiger partial charge in [-0.2, -0.15) is 9.40 Å². The number of nitrogens with two attached hydrogens (primary N) is 1. The Bertz CT molecular complexity index is 1210. The van der Waals surface area contributed by atoms with Crippen molar-refractivity contribution in [1.82, 2.24) is 19.5 Å². The molecule has 4 rings (SSSR count). The lowest BCUT2D eigenvalue weighted by atomic mass is 10.00. The summed E-state index contributed by atoms with van der Waals surface area (Å²) in [4.78, 5) is 4.56. The monoisotopic (exact) mass is 427 g/mol. The molecule has 0 amide bonds. The largest absolute Gasteiger partial charge is 0.383 e. The molecule has 0 aliphatic carbocycles. The lowest BCUT2D eigenvalue weighted by Crippen LogP contribution is -2.62. The number of pyridine rings is 1. The molecule has 9 heteroatoms. The minimum atomic E-state index is -3.61. The quantitative estimate of drug-likeness (QED) is 0.647. The van der Waals surface area contributed by atoms with Gasteiger partial charge in [0.05, 0.1) is 16.2 Å². The van der Waals surface area contributed by atoms with Crippen molar-refractivity contribution in [2.45, 2.75) is 31.3 Å². The summed E-state index contributed by atoms with van der Waals surface area (Å²) in [5.41, 5.74) is 10.4. The highest BCUT2D eigenvalue weighted by molar-refractivity contribution is 7.89. The fourth-order valence-electron chi connectivity index (χ4n) is 3.60. The molecular weight excluding hydrogens is 402 g/mol. The minimum absolute atomic E-state index is 0.246. The molecular formula is C21H25N5O3S. The number of ether oxygens (including phenoxy) is 1. The van der Waals surface area contributed by atoms with Crippen LogP contribution in [0.25, 0.3) is 22.4 Å². The van der Waals surface area contributed by atoms with Crippen molar-refractivity contribution in [2.24, 2.45) is 0 Å². The number of aromatic amines is 1. The molecule has 3 N–H and O–H groups in total. The zero-order valence-electron chi connectivity index (χ0n) is 17.4. The lowest BCUT2D eigenvalue weighted by molar-refractivity contribution is -0.0768. The molecule has 3 aromatic rings. The van der Waals surface area contributed by atoms with E-state index in [0.29, 0.717) is 30.2 Å². The van der Waals surface area contributed by atoms with Crippen LogP contribution in [0.2, 0.25) is 0 Å². The third kappa shape index (κ3) is 3.49. The summed E-state index contributed by atoms with van der Waals surface area (Å²) < 4.78 is 33.0. The van der Waals surface area contributed by atoms with Gasteiger partial charge < -0.3 is 10.5 Å². The first-order chi connectivity index (χ1) is 14.1. The zero-order chi connectivity index (χ0) is 21.7. The number of aromatic nitrogens is 3. The summed E-state index contributed by atoms with van der Waals surface area (Å²) in [5, 5.41) is 7.17. The molecule has 2 aromatic heterocycles. The van der Waals surface area contributed by atoms with E-state index in [4.69, 9.17) is 10.5 Å². The molecule has 1 saturated heterocycles. The Morgan fingerprint density at radius 2 is 1.90 bits per heavy atom. The van der Waals surface area contributed by atoms with Gasteiger partial charge in [-0.1, -0.05) is 6.07 Å². The normalized spacial score (nSPS) is 16.4. The molecule has 1 aliphatic heterocycles. The number of anilines is 1. The van der Waals surface area contributed by atoms with E-state index in [1.807, 2.05) is 39.0 Å². The van der Waals surface area contributed by atoms with E-state index in [0.717, 1.165) is 22.4 Å². The highest BCUT2D eigenvalue weighted by Crippen LogP contribution is 2.34. The van der Waals surface area contributed by atoms with Crippen LogP contribution in [-0.2, 0) is 14.8 Å². The van der Waals surface area contributed by atoms with Crippen molar-refractivity contribution in [1.29, 1.82) is 0 Å². The number of sulfonamides is 1. The smallest absolute Gasteiger partial charge is 0.243 e. The zero-order valence-corrected chi connectivity index (χ0v) is 18.2. The predicted molar refractivity (Wildman–Crippen MR) is 115 cm³/mol. The van der Waals surface area contributed by atoms with Gasteiger partial charge in [0, 0.05) is 43.2 Å². The Labute approximate surface area is 176 Å². The third-order valence-corrected chi connectivity index (χ3v) is 7.36. The van der Waals surface area contributed by atoms with Gasteiger partial charge in [0.1, 0.15) is 5.82 Å². The Kier molecular flexibility index (Phi) is 4.92. The van der Waals surface area contributed by atoms with Gasteiger partial charge in [0.25, 0.3) is 0 Å². The molecule has 3 heterocycles. The summed E-state index contributed by atoms with van der Waals surface area (Å²) in [6, 6.07) is 8.93. The van der Waals surface area contributed by atoms with E-state index in [1.54, 1.807) is 25.4 Å². The van der Waals surface area contributed by atoms with Crippen molar-refractivity contribution in [3.8, 4) is 22.4 Å². The molecule has 0 radical (unpaired) electrons. The Morgan fingerprint density at radius 3 is 2.53 bits per heavy atom. The predicted octanol–water partition coefficient (Wildman–Crippen LogP) is 2.75. The van der Waals surface area contributed by atoms with Gasteiger partial charge in [-0.15, -0.1) is 0 Å². The van der Waals surface area contributed by atoms with Crippen LogP contribution in [0.3, 0.4) is 0 Å². The second kappa shape index (κ2) is 7.19. The van der Waals surface area contributed by atoms with Crippen LogP contribution in [0, 0.1) is 13.8 Å². The second-order valence-electron chi connectivity index (χ2n) is 8.00. The highest BCUT2D eigenvalue weighted by Gasteiger charge is 2.45. The van der Waals surface area contributed by atoms with Gasteiger partial charge in [-0.05, 0) is 56.2 Å². The maximum Gasteiger partial charge on any atom is 0.243 e. The number of nitrogens with one attached hydrogen (secondary N) is 1. The maximum atomic E-state index is 13.1. The van der Waals surface area contributed by atoms with Gasteiger partial charge in [-0.3, -0.25) is 5.10 Å². The topological polar surface area (TPSA) is 114 Å². The Balaban J connectivity index is 1.73. The molecule has 0 bridgehead atoms. The maximum absolute atomic E-state index is 13.1. The molecule has 30 heavy (non-hydrogen) atoms. The summed E-state index contributed by atoms with van der Waals surface area (Å²) in [6.45, 7) is 6.42. The first kappa shape index (κ1) is 20.5. The van der Waals surface area contributed by atoms with E-state index in [1.165, 1.54) is 4.31 Å². The summed E-state index contributed by atoms with van der Waals surface area (Å²) in [5.74, 6) is 0.367. The van der Waals surface area contributed by atoms with Crippen LogP contribution in [-0.4, -0.2) is 53.7 Å². The number of H-pyrrole nitrogens is 1. The van der Waals surface area contributed by atoms with Gasteiger partial charge in [0.15, 0.2) is 0 Å². The van der Waals surface area contributed by atoms with E-state index in [2.05, 4.69) is 15.2 Å². The molecule has 1 aromatic carbocycles. The van der Waals surface area contributed by atoms with Crippen molar-refractivity contribution in [3.05, 3.63) is 47.8 Å². The van der Waals surface area contributed by atoms with Crippen LogP contribution in [0.1, 0.15) is 18.2 Å². The SMILES string of the molecule is COC1(C)CN(S(=O)(=O)c2ccc(C)c(-c3cnc(N)c(-c4cc(C)[nH]n4)c3)c2)C1. The van der Waals surface area contributed by atoms with Gasteiger partial charge in [-0.25, -0.2) is 13.4 Å². The fourth-order valence-corrected chi connectivity index (χ4v) is 5.30. The van der Waals surface area contributed by atoms with Crippen LogP contribution < -0.4 is 5.73 Å². The Morgan fingerprint density at radius 1 is 1.17 bits per heavy atom. The van der Waals surface area contributed by atoms with E-state index in [9.17, 15) is 8.42 Å². The van der Waals surface area contributed by atoms with Crippen molar-refractivity contribution in [2.75, 3.05) is 25.9 Å². The number of methoxy groups -OCH3 is 1.